The molecule has 4 heteroatoms. The van der Waals surface area contributed by atoms with Crippen molar-refractivity contribution in [2.24, 2.45) is 5.73 Å². The summed E-state index contributed by atoms with van der Waals surface area (Å²) in [5.74, 6) is 0. The first-order valence-electron chi connectivity index (χ1n) is 5.39. The minimum Gasteiger partial charge on any atom is -0.324 e. The van der Waals surface area contributed by atoms with E-state index in [1.54, 1.807) is 11.3 Å². The van der Waals surface area contributed by atoms with Gasteiger partial charge in [-0.25, -0.2) is 4.98 Å². The average molecular weight is 227 g/mol. The Bertz CT molecular complexity index is 301. The Labute approximate surface area is 96.1 Å². The number of hydrogen-bond donors (Lipinski definition) is 2. The fourth-order valence-corrected chi connectivity index (χ4v) is 2.07. The summed E-state index contributed by atoms with van der Waals surface area (Å²) in [6.45, 7) is 9.12. The van der Waals surface area contributed by atoms with Crippen LogP contribution >= 0.6 is 11.3 Å². The van der Waals surface area contributed by atoms with Crippen LogP contribution < -0.4 is 11.1 Å². The third-order valence-corrected chi connectivity index (χ3v) is 3.48. The van der Waals surface area contributed by atoms with Crippen molar-refractivity contribution in [2.45, 2.75) is 45.7 Å². The number of hydrogen-bond acceptors (Lipinski definition) is 4. The predicted octanol–water partition coefficient (Wildman–Crippen LogP) is 2.09. The van der Waals surface area contributed by atoms with Crippen LogP contribution in [0.1, 0.15) is 43.6 Å². The maximum atomic E-state index is 5.91. The number of nitrogens with two attached hydrogens (primary N) is 1. The van der Waals surface area contributed by atoms with Gasteiger partial charge in [-0.1, -0.05) is 6.92 Å². The molecule has 0 spiro atoms. The van der Waals surface area contributed by atoms with Crippen molar-refractivity contribution < 1.29 is 0 Å². The summed E-state index contributed by atoms with van der Waals surface area (Å²) < 4.78 is 0. The van der Waals surface area contributed by atoms with Crippen LogP contribution in [-0.2, 0) is 6.42 Å². The van der Waals surface area contributed by atoms with Gasteiger partial charge in [-0.2, -0.15) is 0 Å². The highest BCUT2D eigenvalue weighted by atomic mass is 32.1. The fraction of sp³-hybridized carbons (Fsp3) is 0.727. The van der Waals surface area contributed by atoms with Gasteiger partial charge in [-0.3, -0.25) is 0 Å². The van der Waals surface area contributed by atoms with Gasteiger partial charge >= 0.3 is 0 Å². The molecule has 0 aromatic carbocycles. The molecule has 1 rings (SSSR count). The molecule has 1 aromatic heterocycles. The van der Waals surface area contributed by atoms with Gasteiger partial charge in [-0.05, 0) is 27.2 Å². The summed E-state index contributed by atoms with van der Waals surface area (Å²) in [7, 11) is 0. The number of thiazole rings is 1. The number of nitrogens with zero attached hydrogens (tertiary/aromatic N) is 1. The van der Waals surface area contributed by atoms with Crippen LogP contribution in [0.2, 0.25) is 0 Å². The summed E-state index contributed by atoms with van der Waals surface area (Å²) in [5.41, 5.74) is 5.75. The molecule has 0 aliphatic rings. The second kappa shape index (κ2) is 5.05. The van der Waals surface area contributed by atoms with Gasteiger partial charge in [0.1, 0.15) is 5.01 Å². The van der Waals surface area contributed by atoms with E-state index in [-0.39, 0.29) is 11.6 Å². The van der Waals surface area contributed by atoms with Crippen molar-refractivity contribution in [1.29, 1.82) is 0 Å². The van der Waals surface area contributed by atoms with E-state index in [1.165, 1.54) is 4.88 Å². The van der Waals surface area contributed by atoms with Gasteiger partial charge in [-0.15, -0.1) is 11.3 Å². The van der Waals surface area contributed by atoms with Crippen LogP contribution in [0.5, 0.6) is 0 Å². The molecule has 86 valence electrons. The molecule has 0 saturated carbocycles. The first kappa shape index (κ1) is 12.6. The molecule has 1 aromatic rings. The van der Waals surface area contributed by atoms with E-state index in [1.807, 2.05) is 20.0 Å². The Balaban J connectivity index is 2.50. The second-order valence-corrected chi connectivity index (χ2v) is 5.76. The summed E-state index contributed by atoms with van der Waals surface area (Å²) in [5, 5.41) is 4.55. The van der Waals surface area contributed by atoms with Crippen molar-refractivity contribution in [3.63, 3.8) is 0 Å². The molecule has 3 N–H and O–H groups in total. The minimum absolute atomic E-state index is 0.168. The second-order valence-electron chi connectivity index (χ2n) is 4.61. The van der Waals surface area contributed by atoms with Gasteiger partial charge < -0.3 is 11.1 Å². The molecule has 0 amide bonds. The molecule has 0 fully saturated rings. The summed E-state index contributed by atoms with van der Waals surface area (Å²) in [6, 6.07) is 0.290. The topological polar surface area (TPSA) is 50.9 Å². The zero-order valence-electron chi connectivity index (χ0n) is 10.0. The standard InChI is InChI=1S/C11H21N3S/c1-5-9-6-13-10(15-9)8(2)14-7-11(3,4)12/h6,8,14H,5,7,12H2,1-4H3. The van der Waals surface area contributed by atoms with E-state index in [2.05, 4.69) is 24.1 Å². The molecule has 1 unspecified atom stereocenters. The smallest absolute Gasteiger partial charge is 0.109 e. The lowest BCUT2D eigenvalue weighted by Gasteiger charge is -2.21. The highest BCUT2D eigenvalue weighted by molar-refractivity contribution is 7.11. The monoisotopic (exact) mass is 227 g/mol. The van der Waals surface area contributed by atoms with Crippen molar-refractivity contribution in [2.75, 3.05) is 6.54 Å². The Morgan fingerprint density at radius 2 is 2.27 bits per heavy atom. The van der Waals surface area contributed by atoms with E-state index in [4.69, 9.17) is 5.73 Å². The van der Waals surface area contributed by atoms with E-state index in [0.29, 0.717) is 0 Å². The molecule has 3 nitrogen and oxygen atoms in total. The molecule has 1 atom stereocenters. The molecule has 15 heavy (non-hydrogen) atoms. The summed E-state index contributed by atoms with van der Waals surface area (Å²) in [6.07, 6.45) is 3.03. The Morgan fingerprint density at radius 1 is 1.60 bits per heavy atom. The largest absolute Gasteiger partial charge is 0.324 e. The maximum absolute atomic E-state index is 5.91. The number of nitrogens with one attached hydrogen (secondary N) is 1. The number of aryl methyl sites for hydroxylation is 1. The van der Waals surface area contributed by atoms with Crippen molar-refractivity contribution in [3.05, 3.63) is 16.1 Å². The lowest BCUT2D eigenvalue weighted by atomic mass is 10.1. The van der Waals surface area contributed by atoms with Crippen LogP contribution in [0.25, 0.3) is 0 Å². The highest BCUT2D eigenvalue weighted by Crippen LogP contribution is 2.20. The average Bonchev–Trinajstić information content (AvgIpc) is 2.61. The molecule has 0 saturated heterocycles. The summed E-state index contributed by atoms with van der Waals surface area (Å²) >= 11 is 1.78. The van der Waals surface area contributed by atoms with Crippen LogP contribution in [0.4, 0.5) is 0 Å². The normalized spacial score (nSPS) is 14.2. The highest BCUT2D eigenvalue weighted by Gasteiger charge is 2.14. The van der Waals surface area contributed by atoms with Gasteiger partial charge in [0.05, 0.1) is 6.04 Å². The Morgan fingerprint density at radius 3 is 2.73 bits per heavy atom. The minimum atomic E-state index is -0.168. The van der Waals surface area contributed by atoms with Crippen molar-refractivity contribution in [3.8, 4) is 0 Å². The Hall–Kier alpha value is -0.450. The van der Waals surface area contributed by atoms with E-state index in [9.17, 15) is 0 Å². The molecule has 1 heterocycles. The van der Waals surface area contributed by atoms with Gasteiger partial charge in [0.2, 0.25) is 0 Å². The lowest BCUT2D eigenvalue weighted by molar-refractivity contribution is 0.434. The quantitative estimate of drug-likeness (QED) is 0.810. The molecular formula is C11H21N3S. The van der Waals surface area contributed by atoms with Crippen molar-refractivity contribution >= 4 is 11.3 Å². The first-order valence-corrected chi connectivity index (χ1v) is 6.21. The molecule has 0 aliphatic heterocycles. The molecule has 0 radical (unpaired) electrons. The fourth-order valence-electron chi connectivity index (χ4n) is 1.19. The SMILES string of the molecule is CCc1cnc(C(C)NCC(C)(C)N)s1. The summed E-state index contributed by atoms with van der Waals surface area (Å²) in [4.78, 5) is 5.74. The first-order chi connectivity index (χ1) is 6.92. The molecule has 0 bridgehead atoms. The molecular weight excluding hydrogens is 206 g/mol. The van der Waals surface area contributed by atoms with E-state index < -0.39 is 0 Å². The van der Waals surface area contributed by atoms with Crippen LogP contribution in [0.15, 0.2) is 6.20 Å². The van der Waals surface area contributed by atoms with E-state index in [0.717, 1.165) is 18.0 Å². The van der Waals surface area contributed by atoms with Crippen LogP contribution in [-0.4, -0.2) is 17.1 Å². The predicted molar refractivity (Wildman–Crippen MR) is 66.2 cm³/mol. The lowest BCUT2D eigenvalue weighted by Crippen LogP contribution is -2.43. The van der Waals surface area contributed by atoms with Gasteiger partial charge in [0.25, 0.3) is 0 Å². The zero-order chi connectivity index (χ0) is 11.5. The Kier molecular flexibility index (Phi) is 4.25. The van der Waals surface area contributed by atoms with Gasteiger partial charge in [0, 0.05) is 23.2 Å². The van der Waals surface area contributed by atoms with Crippen LogP contribution in [0, 0.1) is 0 Å². The van der Waals surface area contributed by atoms with E-state index >= 15 is 0 Å². The molecule has 0 aliphatic carbocycles. The third-order valence-electron chi connectivity index (χ3n) is 2.15. The third kappa shape index (κ3) is 4.28. The maximum Gasteiger partial charge on any atom is 0.109 e. The number of rotatable bonds is 5. The van der Waals surface area contributed by atoms with Crippen LogP contribution in [0.3, 0.4) is 0 Å². The van der Waals surface area contributed by atoms with Gasteiger partial charge in [0.15, 0.2) is 0 Å². The number of aromatic nitrogens is 1. The zero-order valence-corrected chi connectivity index (χ0v) is 10.8. The van der Waals surface area contributed by atoms with Crippen molar-refractivity contribution in [1.82, 2.24) is 10.3 Å².